The highest BCUT2D eigenvalue weighted by Gasteiger charge is 2.07. The summed E-state index contributed by atoms with van der Waals surface area (Å²) in [6.07, 6.45) is 0. The Bertz CT molecular complexity index is 395. The summed E-state index contributed by atoms with van der Waals surface area (Å²) < 4.78 is 5.53. The fraction of sp³-hybridized carbons (Fsp3) is 0.692. The maximum atomic E-state index is 5.53. The normalized spacial score (nSPS) is 10.8. The average molecular weight is 267 g/mol. The molecule has 0 unspecified atom stereocenters. The van der Waals surface area contributed by atoms with Gasteiger partial charge in [0.15, 0.2) is 0 Å². The zero-order valence-electron chi connectivity index (χ0n) is 12.6. The maximum absolute atomic E-state index is 5.53. The molecule has 0 saturated carbocycles. The Labute approximate surface area is 115 Å². The Hall–Kier alpha value is -1.40. The van der Waals surface area contributed by atoms with Crippen molar-refractivity contribution in [2.24, 2.45) is 0 Å². The highest BCUT2D eigenvalue weighted by atomic mass is 16.5. The van der Waals surface area contributed by atoms with E-state index in [0.717, 1.165) is 42.7 Å². The molecule has 1 aromatic rings. The van der Waals surface area contributed by atoms with Crippen LogP contribution in [0, 0.1) is 13.8 Å². The van der Waals surface area contributed by atoms with Crippen LogP contribution in [0.2, 0.25) is 0 Å². The van der Waals surface area contributed by atoms with Crippen molar-refractivity contribution in [2.45, 2.75) is 13.8 Å². The summed E-state index contributed by atoms with van der Waals surface area (Å²) in [5.74, 6) is 2.49. The Morgan fingerprint density at radius 1 is 1.11 bits per heavy atom. The van der Waals surface area contributed by atoms with E-state index >= 15 is 0 Å². The predicted molar refractivity (Wildman–Crippen MR) is 78.9 cm³/mol. The van der Waals surface area contributed by atoms with Crippen molar-refractivity contribution < 1.29 is 4.74 Å². The van der Waals surface area contributed by atoms with Crippen LogP contribution in [0.15, 0.2) is 0 Å². The third-order valence-corrected chi connectivity index (χ3v) is 2.72. The van der Waals surface area contributed by atoms with Crippen LogP contribution in [0.4, 0.5) is 11.6 Å². The van der Waals surface area contributed by atoms with Crippen molar-refractivity contribution in [3.63, 3.8) is 0 Å². The van der Waals surface area contributed by atoms with E-state index in [9.17, 15) is 0 Å². The molecule has 0 saturated heterocycles. The molecule has 0 aliphatic carbocycles. The fourth-order valence-corrected chi connectivity index (χ4v) is 1.63. The molecular formula is C13H25N5O. The number of rotatable bonds is 8. The minimum absolute atomic E-state index is 0.672. The first-order chi connectivity index (χ1) is 9.04. The summed E-state index contributed by atoms with van der Waals surface area (Å²) in [4.78, 5) is 10.8. The van der Waals surface area contributed by atoms with Crippen LogP contribution in [0.25, 0.3) is 0 Å². The molecule has 0 radical (unpaired) electrons. The lowest BCUT2D eigenvalue weighted by atomic mass is 10.3. The average Bonchev–Trinajstić information content (AvgIpc) is 2.36. The van der Waals surface area contributed by atoms with Crippen LogP contribution in [0.5, 0.6) is 0 Å². The number of aryl methyl sites for hydroxylation is 1. The molecule has 0 fully saturated rings. The SMILES string of the molecule is CNc1nc(C)nc(NCCOCCN(C)C)c1C. The van der Waals surface area contributed by atoms with Gasteiger partial charge in [0.25, 0.3) is 0 Å². The molecule has 19 heavy (non-hydrogen) atoms. The van der Waals surface area contributed by atoms with Crippen LogP contribution < -0.4 is 10.6 Å². The van der Waals surface area contributed by atoms with Gasteiger partial charge in [-0.15, -0.1) is 0 Å². The van der Waals surface area contributed by atoms with Gasteiger partial charge in [0.05, 0.1) is 13.2 Å². The van der Waals surface area contributed by atoms with Gasteiger partial charge in [-0.3, -0.25) is 0 Å². The molecule has 0 amide bonds. The van der Waals surface area contributed by atoms with Gasteiger partial charge >= 0.3 is 0 Å². The first kappa shape index (κ1) is 15.7. The lowest BCUT2D eigenvalue weighted by molar-refractivity contribution is 0.126. The van der Waals surface area contributed by atoms with E-state index in [1.807, 2.05) is 35.0 Å². The van der Waals surface area contributed by atoms with Gasteiger partial charge < -0.3 is 20.3 Å². The summed E-state index contributed by atoms with van der Waals surface area (Å²) in [6.45, 7) is 6.99. The van der Waals surface area contributed by atoms with Crippen molar-refractivity contribution in [3.8, 4) is 0 Å². The van der Waals surface area contributed by atoms with Crippen molar-refractivity contribution in [1.82, 2.24) is 14.9 Å². The second-order valence-electron chi connectivity index (χ2n) is 4.69. The van der Waals surface area contributed by atoms with Gasteiger partial charge in [0, 0.05) is 25.7 Å². The number of nitrogens with one attached hydrogen (secondary N) is 2. The second-order valence-corrected chi connectivity index (χ2v) is 4.69. The van der Waals surface area contributed by atoms with Gasteiger partial charge in [-0.25, -0.2) is 9.97 Å². The van der Waals surface area contributed by atoms with Crippen LogP contribution in [-0.2, 0) is 4.74 Å². The van der Waals surface area contributed by atoms with Crippen molar-refractivity contribution >= 4 is 11.6 Å². The third-order valence-electron chi connectivity index (χ3n) is 2.72. The van der Waals surface area contributed by atoms with Crippen LogP contribution in [0.1, 0.15) is 11.4 Å². The highest BCUT2D eigenvalue weighted by molar-refractivity contribution is 5.56. The quantitative estimate of drug-likeness (QED) is 0.688. The largest absolute Gasteiger partial charge is 0.378 e. The summed E-state index contributed by atoms with van der Waals surface area (Å²) >= 11 is 0. The Balaban J connectivity index is 2.39. The number of anilines is 2. The minimum atomic E-state index is 0.672. The maximum Gasteiger partial charge on any atom is 0.134 e. The predicted octanol–water partition coefficient (Wildman–Crippen LogP) is 1.13. The topological polar surface area (TPSA) is 62.3 Å². The van der Waals surface area contributed by atoms with E-state index in [1.54, 1.807) is 0 Å². The standard InChI is InChI=1S/C13H25N5O/c1-10-12(14-3)16-11(2)17-13(10)15-6-8-19-9-7-18(4)5/h6-9H2,1-5H3,(H2,14,15,16,17). The number of hydrogen-bond acceptors (Lipinski definition) is 6. The molecule has 0 bridgehead atoms. The number of ether oxygens (including phenoxy) is 1. The van der Waals surface area contributed by atoms with Crippen LogP contribution >= 0.6 is 0 Å². The molecule has 0 spiro atoms. The van der Waals surface area contributed by atoms with Gasteiger partial charge in [0.1, 0.15) is 17.5 Å². The molecule has 6 nitrogen and oxygen atoms in total. The van der Waals surface area contributed by atoms with Gasteiger partial charge in [-0.05, 0) is 27.9 Å². The molecule has 1 heterocycles. The second kappa shape index (κ2) is 7.91. The molecule has 1 aromatic heterocycles. The first-order valence-electron chi connectivity index (χ1n) is 6.54. The summed E-state index contributed by atoms with van der Waals surface area (Å²) in [5, 5.41) is 6.36. The van der Waals surface area contributed by atoms with E-state index < -0.39 is 0 Å². The molecule has 0 aromatic carbocycles. The number of aromatic nitrogens is 2. The number of hydrogen-bond donors (Lipinski definition) is 2. The van der Waals surface area contributed by atoms with E-state index in [-0.39, 0.29) is 0 Å². The zero-order valence-corrected chi connectivity index (χ0v) is 12.6. The highest BCUT2D eigenvalue weighted by Crippen LogP contribution is 2.18. The zero-order chi connectivity index (χ0) is 14.3. The number of nitrogens with zero attached hydrogens (tertiary/aromatic N) is 3. The summed E-state index contributed by atoms with van der Waals surface area (Å²) in [6, 6.07) is 0. The lowest BCUT2D eigenvalue weighted by Crippen LogP contribution is -2.20. The third kappa shape index (κ3) is 5.40. The first-order valence-corrected chi connectivity index (χ1v) is 6.54. The Morgan fingerprint density at radius 3 is 2.42 bits per heavy atom. The monoisotopic (exact) mass is 267 g/mol. The van der Waals surface area contributed by atoms with E-state index in [0.29, 0.717) is 6.61 Å². The molecule has 6 heteroatoms. The molecule has 108 valence electrons. The molecule has 1 rings (SSSR count). The van der Waals surface area contributed by atoms with E-state index in [1.165, 1.54) is 0 Å². The lowest BCUT2D eigenvalue weighted by Gasteiger charge is -2.13. The smallest absolute Gasteiger partial charge is 0.134 e. The van der Waals surface area contributed by atoms with E-state index in [4.69, 9.17) is 4.74 Å². The van der Waals surface area contributed by atoms with Gasteiger partial charge in [-0.1, -0.05) is 0 Å². The minimum Gasteiger partial charge on any atom is -0.378 e. The van der Waals surface area contributed by atoms with Crippen LogP contribution in [0.3, 0.4) is 0 Å². The Morgan fingerprint density at radius 2 is 1.79 bits per heavy atom. The van der Waals surface area contributed by atoms with Gasteiger partial charge in [-0.2, -0.15) is 0 Å². The molecule has 0 atom stereocenters. The summed E-state index contributed by atoms with van der Waals surface area (Å²) in [7, 11) is 5.94. The van der Waals surface area contributed by atoms with Crippen molar-refractivity contribution in [2.75, 3.05) is 58.1 Å². The fourth-order valence-electron chi connectivity index (χ4n) is 1.63. The molecule has 2 N–H and O–H groups in total. The van der Waals surface area contributed by atoms with Crippen molar-refractivity contribution in [3.05, 3.63) is 11.4 Å². The summed E-state index contributed by atoms with van der Waals surface area (Å²) in [5.41, 5.74) is 1.03. The molecule has 0 aliphatic heterocycles. The molecule has 0 aliphatic rings. The Kier molecular flexibility index (Phi) is 6.52. The number of likely N-dealkylation sites (N-methyl/N-ethyl adjacent to an activating group) is 1. The van der Waals surface area contributed by atoms with Crippen molar-refractivity contribution in [1.29, 1.82) is 0 Å². The van der Waals surface area contributed by atoms with Crippen LogP contribution in [-0.4, -0.2) is 62.3 Å². The van der Waals surface area contributed by atoms with Gasteiger partial charge in [0.2, 0.25) is 0 Å². The van der Waals surface area contributed by atoms with E-state index in [2.05, 4.69) is 25.5 Å². The molecular weight excluding hydrogens is 242 g/mol.